The van der Waals surface area contributed by atoms with E-state index in [1.165, 1.54) is 51.4 Å². The van der Waals surface area contributed by atoms with E-state index >= 15 is 0 Å². The molecule has 0 amide bonds. The van der Waals surface area contributed by atoms with Crippen molar-refractivity contribution in [1.29, 1.82) is 0 Å². The normalized spacial score (nSPS) is 52.9. The van der Waals surface area contributed by atoms with Crippen LogP contribution in [-0.2, 0) is 0 Å². The second-order valence-electron chi connectivity index (χ2n) is 16.1. The second-order valence-corrected chi connectivity index (χ2v) is 16.1. The minimum Gasteiger partial charge on any atom is -0.393 e. The molecule has 194 valence electrons. The lowest BCUT2D eigenvalue weighted by atomic mass is 9.35. The van der Waals surface area contributed by atoms with Crippen molar-refractivity contribution in [2.45, 2.75) is 145 Å². The first kappa shape index (κ1) is 25.3. The molecule has 0 aromatic heterocycles. The molecule has 0 aliphatic heterocycles. The number of fused-ring (bicyclic) bond motifs is 6. The summed E-state index contributed by atoms with van der Waals surface area (Å²) in [7, 11) is 0. The fourth-order valence-electron chi connectivity index (χ4n) is 10.8. The van der Waals surface area contributed by atoms with Crippen LogP contribution in [0, 0.1) is 44.3 Å². The molecule has 3 saturated carbocycles. The van der Waals surface area contributed by atoms with E-state index in [0.717, 1.165) is 19.3 Å². The van der Waals surface area contributed by atoms with Gasteiger partial charge in [0.2, 0.25) is 0 Å². The Kier molecular flexibility index (Phi) is 5.32. The number of rotatable bonds is 1. The monoisotopic (exact) mass is 470 g/mol. The highest BCUT2D eigenvalue weighted by atomic mass is 16.3. The van der Waals surface area contributed by atoms with E-state index in [4.69, 9.17) is 0 Å². The summed E-state index contributed by atoms with van der Waals surface area (Å²) in [6.07, 6.45) is 13.3. The van der Waals surface area contributed by atoms with E-state index in [0.29, 0.717) is 22.7 Å². The first-order valence-electron chi connectivity index (χ1n) is 14.6. The molecular weight excluding hydrogens is 416 g/mol. The standard InChI is InChI=1S/C32H54O2/c1-26(2)23-11-10-22-21(30(23,7)14-13-25(26)33)12-15-32(9)24-20-29(6,27(3,4)34)18-16-28(24,5)17-19-31(22,32)8/h23-25,33-34H,10-20H2,1-9H3/t23-,24+,25-,28+,29+,30+,31+,32-/m0/s1. The predicted molar refractivity (Wildman–Crippen MR) is 141 cm³/mol. The Morgan fingerprint density at radius 3 is 2.03 bits per heavy atom. The molecule has 0 aromatic rings. The van der Waals surface area contributed by atoms with Crippen LogP contribution in [0.2, 0.25) is 0 Å². The van der Waals surface area contributed by atoms with Crippen molar-refractivity contribution in [3.63, 3.8) is 0 Å². The quantitative estimate of drug-likeness (QED) is 0.380. The highest BCUT2D eigenvalue weighted by Crippen LogP contribution is 2.75. The molecule has 0 heterocycles. The topological polar surface area (TPSA) is 40.5 Å². The molecule has 0 aromatic carbocycles. The molecule has 0 radical (unpaired) electrons. The molecule has 0 unspecified atom stereocenters. The number of aliphatic hydroxyl groups is 2. The van der Waals surface area contributed by atoms with Crippen molar-refractivity contribution in [1.82, 2.24) is 0 Å². The third-order valence-corrected chi connectivity index (χ3v) is 14.2. The minimum absolute atomic E-state index is 0.000265. The Balaban J connectivity index is 1.58. The van der Waals surface area contributed by atoms with Gasteiger partial charge in [-0.05, 0) is 129 Å². The molecule has 0 spiro atoms. The van der Waals surface area contributed by atoms with Crippen molar-refractivity contribution >= 4 is 0 Å². The Bertz CT molecular complexity index is 893. The van der Waals surface area contributed by atoms with Crippen molar-refractivity contribution in [2.75, 3.05) is 0 Å². The third-order valence-electron chi connectivity index (χ3n) is 14.2. The van der Waals surface area contributed by atoms with E-state index in [1.807, 2.05) is 11.1 Å². The van der Waals surface area contributed by atoms with Gasteiger partial charge in [0.25, 0.3) is 0 Å². The molecule has 3 fully saturated rings. The Hall–Kier alpha value is -0.340. The maximum absolute atomic E-state index is 11.2. The SMILES string of the molecule is CC1(C)[C@@H](O)CC[C@]2(C)C3=C(CC[C@@H]12)[C@@]1(C)CC[C@@]2(C)CC[C@@](C)(C(C)(C)O)C[C@H]2[C@]1(C)CC3. The number of aliphatic hydroxyl groups excluding tert-OH is 1. The summed E-state index contributed by atoms with van der Waals surface area (Å²) in [6.45, 7) is 21.7. The van der Waals surface area contributed by atoms with Gasteiger partial charge in [-0.3, -0.25) is 0 Å². The van der Waals surface area contributed by atoms with Crippen LogP contribution in [0.1, 0.15) is 133 Å². The van der Waals surface area contributed by atoms with E-state index in [-0.39, 0.29) is 27.8 Å². The molecule has 2 heteroatoms. The van der Waals surface area contributed by atoms with Crippen LogP contribution in [0.5, 0.6) is 0 Å². The van der Waals surface area contributed by atoms with E-state index in [1.54, 1.807) is 0 Å². The predicted octanol–water partition coefficient (Wildman–Crippen LogP) is 8.06. The first-order chi connectivity index (χ1) is 15.4. The fourth-order valence-corrected chi connectivity index (χ4v) is 10.8. The Morgan fingerprint density at radius 1 is 0.735 bits per heavy atom. The van der Waals surface area contributed by atoms with Gasteiger partial charge in [-0.25, -0.2) is 0 Å². The van der Waals surface area contributed by atoms with Crippen LogP contribution in [0.25, 0.3) is 0 Å². The van der Waals surface area contributed by atoms with Gasteiger partial charge in [-0.2, -0.15) is 0 Å². The molecule has 5 aliphatic carbocycles. The molecule has 2 N–H and O–H groups in total. The van der Waals surface area contributed by atoms with Crippen LogP contribution in [0.15, 0.2) is 11.1 Å². The summed E-state index contributed by atoms with van der Waals surface area (Å²) >= 11 is 0. The van der Waals surface area contributed by atoms with Gasteiger partial charge >= 0.3 is 0 Å². The van der Waals surface area contributed by atoms with Crippen molar-refractivity contribution < 1.29 is 10.2 Å². The molecule has 0 bridgehead atoms. The van der Waals surface area contributed by atoms with E-state index in [9.17, 15) is 10.2 Å². The van der Waals surface area contributed by atoms with Crippen LogP contribution >= 0.6 is 0 Å². The minimum atomic E-state index is -0.627. The zero-order valence-corrected chi connectivity index (χ0v) is 23.9. The molecule has 8 atom stereocenters. The van der Waals surface area contributed by atoms with Gasteiger partial charge in [0.15, 0.2) is 0 Å². The summed E-state index contributed by atoms with van der Waals surface area (Å²) < 4.78 is 0. The lowest BCUT2D eigenvalue weighted by molar-refractivity contribution is -0.184. The number of allylic oxidation sites excluding steroid dienone is 2. The molecule has 5 rings (SSSR count). The van der Waals surface area contributed by atoms with Gasteiger partial charge in [0, 0.05) is 0 Å². The van der Waals surface area contributed by atoms with Crippen LogP contribution in [-0.4, -0.2) is 21.9 Å². The molecule has 2 nitrogen and oxygen atoms in total. The van der Waals surface area contributed by atoms with Gasteiger partial charge < -0.3 is 10.2 Å². The highest BCUT2D eigenvalue weighted by Gasteiger charge is 2.66. The average Bonchev–Trinajstić information content (AvgIpc) is 2.73. The summed E-state index contributed by atoms with van der Waals surface area (Å²) in [5.41, 5.74) is 4.28. The summed E-state index contributed by atoms with van der Waals surface area (Å²) in [5, 5.41) is 22.1. The lowest BCUT2D eigenvalue weighted by Gasteiger charge is -2.70. The Morgan fingerprint density at radius 2 is 1.38 bits per heavy atom. The largest absolute Gasteiger partial charge is 0.393 e. The van der Waals surface area contributed by atoms with Gasteiger partial charge in [0.1, 0.15) is 0 Å². The molecule has 0 saturated heterocycles. The van der Waals surface area contributed by atoms with Crippen molar-refractivity contribution in [3.05, 3.63) is 11.1 Å². The number of hydrogen-bond acceptors (Lipinski definition) is 2. The summed E-state index contributed by atoms with van der Waals surface area (Å²) in [5.74, 6) is 1.27. The summed E-state index contributed by atoms with van der Waals surface area (Å²) in [4.78, 5) is 0. The average molecular weight is 471 g/mol. The van der Waals surface area contributed by atoms with Crippen LogP contribution in [0.3, 0.4) is 0 Å². The smallest absolute Gasteiger partial charge is 0.0645 e. The zero-order chi connectivity index (χ0) is 25.2. The third kappa shape index (κ3) is 3.00. The van der Waals surface area contributed by atoms with Crippen molar-refractivity contribution in [2.24, 2.45) is 44.3 Å². The van der Waals surface area contributed by atoms with E-state index in [2.05, 4.69) is 62.3 Å². The maximum Gasteiger partial charge on any atom is 0.0645 e. The zero-order valence-electron chi connectivity index (χ0n) is 23.9. The maximum atomic E-state index is 11.2. The van der Waals surface area contributed by atoms with Gasteiger partial charge in [0.05, 0.1) is 11.7 Å². The lowest BCUT2D eigenvalue weighted by Crippen LogP contribution is -2.62. The first-order valence-corrected chi connectivity index (χ1v) is 14.6. The molecular formula is C32H54O2. The van der Waals surface area contributed by atoms with Gasteiger partial charge in [-0.1, -0.05) is 59.6 Å². The Labute approximate surface area is 210 Å². The second kappa shape index (κ2) is 7.15. The summed E-state index contributed by atoms with van der Waals surface area (Å²) in [6, 6.07) is 0. The van der Waals surface area contributed by atoms with Crippen LogP contribution in [0.4, 0.5) is 0 Å². The fraction of sp³-hybridized carbons (Fsp3) is 0.938. The highest BCUT2D eigenvalue weighted by molar-refractivity contribution is 5.39. The number of hydrogen-bond donors (Lipinski definition) is 2. The van der Waals surface area contributed by atoms with Crippen LogP contribution < -0.4 is 0 Å². The van der Waals surface area contributed by atoms with Crippen molar-refractivity contribution in [3.8, 4) is 0 Å². The van der Waals surface area contributed by atoms with Gasteiger partial charge in [-0.15, -0.1) is 0 Å². The molecule has 5 aliphatic rings. The van der Waals surface area contributed by atoms with E-state index < -0.39 is 5.60 Å². The molecule has 34 heavy (non-hydrogen) atoms.